The van der Waals surface area contributed by atoms with E-state index in [2.05, 4.69) is 4.98 Å². The number of hydrogen-bond donors (Lipinski definition) is 1. The minimum atomic E-state index is -0.146. The molecule has 1 aliphatic carbocycles. The van der Waals surface area contributed by atoms with Gasteiger partial charge in [-0.15, -0.1) is 0 Å². The average Bonchev–Trinajstić information content (AvgIpc) is 2.95. The summed E-state index contributed by atoms with van der Waals surface area (Å²) in [6.45, 7) is 0.473. The second-order valence-corrected chi connectivity index (χ2v) is 4.61. The number of hydrogen-bond acceptors (Lipinski definition) is 3. The van der Waals surface area contributed by atoms with E-state index in [9.17, 15) is 4.79 Å². The maximum Gasteiger partial charge on any atom is 0.327 e. The Morgan fingerprint density at radius 2 is 2.35 bits per heavy atom. The zero-order valence-electron chi connectivity index (χ0n) is 9.23. The predicted octanol–water partition coefficient (Wildman–Crippen LogP) is 2.04. The van der Waals surface area contributed by atoms with Crippen LogP contribution in [0.5, 0.6) is 0 Å². The molecule has 5 heteroatoms. The maximum atomic E-state index is 11.9. The van der Waals surface area contributed by atoms with Crippen molar-refractivity contribution in [3.05, 3.63) is 50.5 Å². The number of nitrogens with zero attached hydrogens (tertiary/aromatic N) is 1. The van der Waals surface area contributed by atoms with Crippen molar-refractivity contribution in [3.63, 3.8) is 0 Å². The highest BCUT2D eigenvalue weighted by Crippen LogP contribution is 2.21. The summed E-state index contributed by atoms with van der Waals surface area (Å²) >= 11 is 5.18. The van der Waals surface area contributed by atoms with Gasteiger partial charge in [0, 0.05) is 11.3 Å². The molecule has 4 nitrogen and oxygen atoms in total. The van der Waals surface area contributed by atoms with Crippen LogP contribution in [0.1, 0.15) is 23.4 Å². The molecule has 2 aromatic heterocycles. The van der Waals surface area contributed by atoms with E-state index >= 15 is 0 Å². The normalized spacial score (nSPS) is 13.9. The van der Waals surface area contributed by atoms with Gasteiger partial charge in [0.2, 0.25) is 0 Å². The first-order chi connectivity index (χ1) is 8.25. The van der Waals surface area contributed by atoms with E-state index in [-0.39, 0.29) is 5.69 Å². The molecule has 0 fully saturated rings. The molecule has 1 N–H and O–H groups in total. The molecule has 0 radical (unpaired) electrons. The van der Waals surface area contributed by atoms with Crippen LogP contribution in [0.4, 0.5) is 0 Å². The number of H-pyrrole nitrogens is 1. The van der Waals surface area contributed by atoms with Gasteiger partial charge in [-0.3, -0.25) is 9.55 Å². The van der Waals surface area contributed by atoms with Gasteiger partial charge in [0.1, 0.15) is 10.4 Å². The van der Waals surface area contributed by atoms with Gasteiger partial charge in [0.05, 0.1) is 12.8 Å². The quantitative estimate of drug-likeness (QED) is 0.827. The fraction of sp³-hybridized carbons (Fsp3) is 0.333. The fourth-order valence-corrected chi connectivity index (χ4v) is 2.67. The number of fused-ring (bicyclic) bond motifs is 1. The van der Waals surface area contributed by atoms with Crippen molar-refractivity contribution in [2.75, 3.05) is 0 Å². The fourth-order valence-electron chi connectivity index (χ4n) is 2.36. The Kier molecular flexibility index (Phi) is 2.48. The second kappa shape index (κ2) is 4.00. The first kappa shape index (κ1) is 10.5. The molecule has 0 bridgehead atoms. The van der Waals surface area contributed by atoms with Crippen LogP contribution in [0.2, 0.25) is 0 Å². The van der Waals surface area contributed by atoms with Crippen LogP contribution in [-0.2, 0) is 19.4 Å². The van der Waals surface area contributed by atoms with Crippen molar-refractivity contribution in [1.82, 2.24) is 9.55 Å². The van der Waals surface area contributed by atoms with Crippen LogP contribution in [0, 0.1) is 4.64 Å². The Labute approximate surface area is 103 Å². The van der Waals surface area contributed by atoms with Gasteiger partial charge in [-0.05, 0) is 31.4 Å². The van der Waals surface area contributed by atoms with Crippen molar-refractivity contribution in [3.8, 4) is 0 Å². The second-order valence-electron chi connectivity index (χ2n) is 4.20. The highest BCUT2D eigenvalue weighted by molar-refractivity contribution is 7.71. The van der Waals surface area contributed by atoms with Crippen LogP contribution in [0.15, 0.2) is 27.6 Å². The van der Waals surface area contributed by atoms with Gasteiger partial charge < -0.3 is 4.42 Å². The molecule has 2 aromatic rings. The maximum absolute atomic E-state index is 11.9. The third kappa shape index (κ3) is 1.76. The van der Waals surface area contributed by atoms with Crippen LogP contribution >= 0.6 is 12.2 Å². The van der Waals surface area contributed by atoms with Crippen molar-refractivity contribution in [1.29, 1.82) is 0 Å². The van der Waals surface area contributed by atoms with E-state index in [4.69, 9.17) is 16.6 Å². The lowest BCUT2D eigenvalue weighted by Crippen LogP contribution is -2.27. The standard InChI is InChI=1S/C12H12N2O2S/c15-12-13-11(17)9-4-1-5-10(9)14(12)7-8-3-2-6-16-8/h2-3,6H,1,4-5,7H2,(H,13,15,17). The summed E-state index contributed by atoms with van der Waals surface area (Å²) in [5, 5.41) is 0. The molecular weight excluding hydrogens is 236 g/mol. The van der Waals surface area contributed by atoms with Crippen molar-refractivity contribution >= 4 is 12.2 Å². The molecule has 0 saturated heterocycles. The first-order valence-corrected chi connectivity index (χ1v) is 6.04. The molecule has 17 heavy (non-hydrogen) atoms. The van der Waals surface area contributed by atoms with Crippen molar-refractivity contribution < 1.29 is 4.42 Å². The molecule has 0 spiro atoms. The highest BCUT2D eigenvalue weighted by Gasteiger charge is 2.18. The Balaban J connectivity index is 2.14. The molecule has 0 aliphatic heterocycles. The van der Waals surface area contributed by atoms with Gasteiger partial charge in [0.15, 0.2) is 0 Å². The van der Waals surface area contributed by atoms with E-state index in [1.54, 1.807) is 10.8 Å². The SMILES string of the molecule is O=c1[nH]c(=S)c2c(n1Cc1ccco1)CCC2. The largest absolute Gasteiger partial charge is 0.467 e. The monoisotopic (exact) mass is 248 g/mol. The van der Waals surface area contributed by atoms with Crippen LogP contribution in [-0.4, -0.2) is 9.55 Å². The number of aromatic nitrogens is 2. The van der Waals surface area contributed by atoms with E-state index in [1.165, 1.54) is 0 Å². The lowest BCUT2D eigenvalue weighted by Gasteiger charge is -2.10. The summed E-state index contributed by atoms with van der Waals surface area (Å²) in [5.74, 6) is 0.784. The summed E-state index contributed by atoms with van der Waals surface area (Å²) < 4.78 is 7.61. The molecule has 88 valence electrons. The van der Waals surface area contributed by atoms with Gasteiger partial charge in [-0.2, -0.15) is 0 Å². The molecular formula is C12H12N2O2S. The van der Waals surface area contributed by atoms with E-state index in [1.807, 2.05) is 12.1 Å². The van der Waals surface area contributed by atoms with Crippen molar-refractivity contribution in [2.24, 2.45) is 0 Å². The molecule has 0 aromatic carbocycles. The van der Waals surface area contributed by atoms with Crippen molar-refractivity contribution in [2.45, 2.75) is 25.8 Å². The predicted molar refractivity (Wildman–Crippen MR) is 65.7 cm³/mol. The molecule has 0 unspecified atom stereocenters. The summed E-state index contributed by atoms with van der Waals surface area (Å²) in [4.78, 5) is 14.7. The zero-order chi connectivity index (χ0) is 11.8. The summed E-state index contributed by atoms with van der Waals surface area (Å²) in [6, 6.07) is 3.70. The van der Waals surface area contributed by atoms with Gasteiger partial charge in [-0.25, -0.2) is 4.79 Å². The summed E-state index contributed by atoms with van der Waals surface area (Å²) in [7, 11) is 0. The highest BCUT2D eigenvalue weighted by atomic mass is 32.1. The third-order valence-electron chi connectivity index (χ3n) is 3.15. The minimum absolute atomic E-state index is 0.146. The van der Waals surface area contributed by atoms with E-state index in [0.29, 0.717) is 11.2 Å². The molecule has 2 heterocycles. The van der Waals surface area contributed by atoms with Gasteiger partial charge >= 0.3 is 5.69 Å². The number of nitrogens with one attached hydrogen (secondary N) is 1. The van der Waals surface area contributed by atoms with Crippen LogP contribution in [0.25, 0.3) is 0 Å². The third-order valence-corrected chi connectivity index (χ3v) is 3.50. The van der Waals surface area contributed by atoms with Crippen LogP contribution < -0.4 is 5.69 Å². The topological polar surface area (TPSA) is 50.9 Å². The first-order valence-electron chi connectivity index (χ1n) is 5.63. The average molecular weight is 248 g/mol. The smallest absolute Gasteiger partial charge is 0.327 e. The van der Waals surface area contributed by atoms with E-state index < -0.39 is 0 Å². The Morgan fingerprint density at radius 3 is 3.12 bits per heavy atom. The lowest BCUT2D eigenvalue weighted by atomic mass is 10.2. The Hall–Kier alpha value is -1.62. The number of furan rings is 1. The number of rotatable bonds is 2. The zero-order valence-corrected chi connectivity index (χ0v) is 10.0. The summed E-state index contributed by atoms with van der Waals surface area (Å²) in [6.07, 6.45) is 4.56. The molecule has 0 atom stereocenters. The van der Waals surface area contributed by atoms with Gasteiger partial charge in [0.25, 0.3) is 0 Å². The molecule has 0 saturated carbocycles. The summed E-state index contributed by atoms with van der Waals surface area (Å²) in [5.41, 5.74) is 2.04. The Bertz CT molecular complexity index is 652. The molecule has 3 rings (SSSR count). The number of aromatic amines is 1. The van der Waals surface area contributed by atoms with Gasteiger partial charge in [-0.1, -0.05) is 12.2 Å². The molecule has 1 aliphatic rings. The molecule has 0 amide bonds. The van der Waals surface area contributed by atoms with E-state index in [0.717, 1.165) is 36.3 Å². The minimum Gasteiger partial charge on any atom is -0.467 e. The lowest BCUT2D eigenvalue weighted by molar-refractivity contribution is 0.482. The van der Waals surface area contributed by atoms with Crippen LogP contribution in [0.3, 0.4) is 0 Å². The Morgan fingerprint density at radius 1 is 1.47 bits per heavy atom.